The van der Waals surface area contributed by atoms with Crippen LogP contribution in [0.1, 0.15) is 21.5 Å². The predicted molar refractivity (Wildman–Crippen MR) is 86.6 cm³/mol. The van der Waals surface area contributed by atoms with Gasteiger partial charge in [0.1, 0.15) is 5.82 Å². The van der Waals surface area contributed by atoms with E-state index in [9.17, 15) is 9.18 Å². The Morgan fingerprint density at radius 2 is 1.86 bits per heavy atom. The van der Waals surface area contributed by atoms with Gasteiger partial charge in [0.15, 0.2) is 0 Å². The quantitative estimate of drug-likeness (QED) is 0.805. The molecule has 0 aliphatic rings. The van der Waals surface area contributed by atoms with E-state index < -0.39 is 0 Å². The number of thioether (sulfide) groups is 1. The fourth-order valence-corrected chi connectivity index (χ4v) is 2.54. The summed E-state index contributed by atoms with van der Waals surface area (Å²) in [6, 6.07) is 12.0. The van der Waals surface area contributed by atoms with Crippen LogP contribution in [-0.2, 0) is 13.0 Å². The first kappa shape index (κ1) is 16.5. The van der Waals surface area contributed by atoms with Gasteiger partial charge in [-0.25, -0.2) is 4.39 Å². The van der Waals surface area contributed by atoms with Gasteiger partial charge in [-0.3, -0.25) is 4.79 Å². The van der Waals surface area contributed by atoms with Crippen molar-refractivity contribution in [2.24, 2.45) is 0 Å². The topological polar surface area (TPSA) is 49.3 Å². The van der Waals surface area contributed by atoms with Crippen LogP contribution in [0.15, 0.2) is 47.4 Å². The molecule has 22 heavy (non-hydrogen) atoms. The van der Waals surface area contributed by atoms with Crippen molar-refractivity contribution in [2.75, 3.05) is 12.8 Å². The minimum atomic E-state index is -0.312. The van der Waals surface area contributed by atoms with Crippen molar-refractivity contribution in [3.8, 4) is 0 Å². The third-order valence-electron chi connectivity index (χ3n) is 3.32. The van der Waals surface area contributed by atoms with Crippen LogP contribution < -0.4 is 5.32 Å². The summed E-state index contributed by atoms with van der Waals surface area (Å²) < 4.78 is 13.4. The van der Waals surface area contributed by atoms with E-state index in [0.29, 0.717) is 23.4 Å². The molecule has 5 heteroatoms. The molecule has 2 aromatic carbocycles. The van der Waals surface area contributed by atoms with Gasteiger partial charge in [-0.1, -0.05) is 24.3 Å². The fraction of sp³-hybridized carbons (Fsp3) is 0.235. The summed E-state index contributed by atoms with van der Waals surface area (Å²) in [6.07, 6.45) is 2.48. The van der Waals surface area contributed by atoms with Gasteiger partial charge >= 0.3 is 0 Å². The Hall–Kier alpha value is -1.85. The largest absolute Gasteiger partial charge is 0.392 e. The molecule has 0 spiro atoms. The molecule has 1 amide bonds. The molecule has 0 saturated carbocycles. The van der Waals surface area contributed by atoms with Gasteiger partial charge in [0.05, 0.1) is 6.61 Å². The van der Waals surface area contributed by atoms with E-state index in [1.807, 2.05) is 24.3 Å². The summed E-state index contributed by atoms with van der Waals surface area (Å²) in [7, 11) is 0. The summed E-state index contributed by atoms with van der Waals surface area (Å²) in [5.41, 5.74) is 2.41. The van der Waals surface area contributed by atoms with E-state index in [4.69, 9.17) is 5.11 Å². The van der Waals surface area contributed by atoms with Gasteiger partial charge in [-0.05, 0) is 42.0 Å². The normalized spacial score (nSPS) is 10.5. The molecular weight excluding hydrogens is 301 g/mol. The van der Waals surface area contributed by atoms with Crippen molar-refractivity contribution in [3.05, 3.63) is 65.0 Å². The van der Waals surface area contributed by atoms with Crippen LogP contribution in [0.4, 0.5) is 4.39 Å². The third-order valence-corrected chi connectivity index (χ3v) is 4.07. The first-order valence-corrected chi connectivity index (χ1v) is 8.17. The number of rotatable bonds is 6. The summed E-state index contributed by atoms with van der Waals surface area (Å²) in [5.74, 6) is -0.518. The number of benzene rings is 2. The van der Waals surface area contributed by atoms with Gasteiger partial charge in [-0.15, -0.1) is 11.8 Å². The Balaban J connectivity index is 1.89. The molecule has 116 valence electrons. The predicted octanol–water partition coefficient (Wildman–Crippen LogP) is 3.01. The van der Waals surface area contributed by atoms with Crippen LogP contribution in [-0.4, -0.2) is 23.8 Å². The van der Waals surface area contributed by atoms with Gasteiger partial charge in [-0.2, -0.15) is 0 Å². The van der Waals surface area contributed by atoms with Crippen LogP contribution in [0, 0.1) is 5.82 Å². The average molecular weight is 319 g/mol. The molecule has 0 unspecified atom stereocenters. The van der Waals surface area contributed by atoms with E-state index in [2.05, 4.69) is 5.32 Å². The smallest absolute Gasteiger partial charge is 0.251 e. The number of nitrogens with one attached hydrogen (secondary N) is 1. The number of hydrogen-bond donors (Lipinski definition) is 2. The minimum absolute atomic E-state index is 0.0271. The monoisotopic (exact) mass is 319 g/mol. The number of carbonyl (C=O) groups excluding carboxylic acids is 1. The number of aliphatic hydroxyl groups is 1. The molecule has 0 atom stereocenters. The lowest BCUT2D eigenvalue weighted by atomic mass is 10.1. The molecule has 0 aliphatic carbocycles. The second-order valence-electron chi connectivity index (χ2n) is 4.83. The van der Waals surface area contributed by atoms with Crippen molar-refractivity contribution in [2.45, 2.75) is 17.9 Å². The number of carbonyl (C=O) groups is 1. The zero-order valence-electron chi connectivity index (χ0n) is 12.3. The molecule has 0 bridgehead atoms. The van der Waals surface area contributed by atoms with Crippen molar-refractivity contribution >= 4 is 17.7 Å². The zero-order valence-corrected chi connectivity index (χ0v) is 13.1. The maximum absolute atomic E-state index is 13.4. The Morgan fingerprint density at radius 1 is 1.18 bits per heavy atom. The summed E-state index contributed by atoms with van der Waals surface area (Å²) >= 11 is 1.28. The highest BCUT2D eigenvalue weighted by atomic mass is 32.2. The molecule has 0 heterocycles. The standard InChI is InChI=1S/C17H18FNO2S/c1-22-16-10-14(6-7-15(16)18)17(21)19-9-8-12-2-4-13(11-20)5-3-12/h2-7,10,20H,8-9,11H2,1H3,(H,19,21). The Bertz CT molecular complexity index is 644. The molecule has 0 saturated heterocycles. The van der Waals surface area contributed by atoms with Crippen LogP contribution in [0.3, 0.4) is 0 Å². The first-order chi connectivity index (χ1) is 10.6. The Kier molecular flexibility index (Phi) is 5.98. The van der Waals surface area contributed by atoms with Crippen LogP contribution in [0.5, 0.6) is 0 Å². The SMILES string of the molecule is CSc1cc(C(=O)NCCc2ccc(CO)cc2)ccc1F. The zero-order chi connectivity index (χ0) is 15.9. The second kappa shape index (κ2) is 7.96. The lowest BCUT2D eigenvalue weighted by Gasteiger charge is -2.07. The van der Waals surface area contributed by atoms with Crippen molar-refractivity contribution in [3.63, 3.8) is 0 Å². The summed E-state index contributed by atoms with van der Waals surface area (Å²) in [6.45, 7) is 0.530. The maximum atomic E-state index is 13.4. The minimum Gasteiger partial charge on any atom is -0.392 e. The van der Waals surface area contributed by atoms with E-state index in [0.717, 1.165) is 11.1 Å². The molecular formula is C17H18FNO2S. The van der Waals surface area contributed by atoms with Crippen molar-refractivity contribution < 1.29 is 14.3 Å². The van der Waals surface area contributed by atoms with Gasteiger partial charge in [0.2, 0.25) is 0 Å². The molecule has 2 rings (SSSR count). The Labute approximate surface area is 133 Å². The molecule has 0 radical (unpaired) electrons. The molecule has 0 aromatic heterocycles. The van der Waals surface area contributed by atoms with Crippen molar-refractivity contribution in [1.82, 2.24) is 5.32 Å². The second-order valence-corrected chi connectivity index (χ2v) is 5.68. The highest BCUT2D eigenvalue weighted by molar-refractivity contribution is 7.98. The fourth-order valence-electron chi connectivity index (χ4n) is 2.03. The van der Waals surface area contributed by atoms with E-state index in [1.165, 1.54) is 23.9 Å². The summed E-state index contributed by atoms with van der Waals surface area (Å²) in [4.78, 5) is 12.5. The number of amides is 1. The van der Waals surface area contributed by atoms with Gasteiger partial charge in [0.25, 0.3) is 5.91 Å². The third kappa shape index (κ3) is 4.32. The number of halogens is 1. The van der Waals surface area contributed by atoms with E-state index in [-0.39, 0.29) is 18.3 Å². The molecule has 0 fully saturated rings. The highest BCUT2D eigenvalue weighted by Gasteiger charge is 2.08. The molecule has 3 nitrogen and oxygen atoms in total. The van der Waals surface area contributed by atoms with Gasteiger partial charge < -0.3 is 10.4 Å². The highest BCUT2D eigenvalue weighted by Crippen LogP contribution is 2.20. The molecule has 0 aliphatic heterocycles. The van der Waals surface area contributed by atoms with Gasteiger partial charge in [0, 0.05) is 17.0 Å². The average Bonchev–Trinajstić information content (AvgIpc) is 2.55. The van der Waals surface area contributed by atoms with Crippen LogP contribution >= 0.6 is 11.8 Å². The Morgan fingerprint density at radius 3 is 2.50 bits per heavy atom. The number of aliphatic hydroxyl groups excluding tert-OH is 1. The van der Waals surface area contributed by atoms with E-state index >= 15 is 0 Å². The molecule has 2 N–H and O–H groups in total. The lowest BCUT2D eigenvalue weighted by Crippen LogP contribution is -2.25. The maximum Gasteiger partial charge on any atom is 0.251 e. The van der Waals surface area contributed by atoms with Crippen LogP contribution in [0.25, 0.3) is 0 Å². The van der Waals surface area contributed by atoms with E-state index in [1.54, 1.807) is 12.3 Å². The first-order valence-electron chi connectivity index (χ1n) is 6.94. The van der Waals surface area contributed by atoms with Crippen molar-refractivity contribution in [1.29, 1.82) is 0 Å². The number of hydrogen-bond acceptors (Lipinski definition) is 3. The lowest BCUT2D eigenvalue weighted by molar-refractivity contribution is 0.0954. The van der Waals surface area contributed by atoms with Crippen LogP contribution in [0.2, 0.25) is 0 Å². The molecule has 2 aromatic rings. The summed E-state index contributed by atoms with van der Waals surface area (Å²) in [5, 5.41) is 11.8.